The molecule has 0 aliphatic rings. The van der Waals surface area contributed by atoms with Crippen molar-refractivity contribution in [3.8, 4) is 0 Å². The molecule has 1 atom stereocenters. The highest BCUT2D eigenvalue weighted by Crippen LogP contribution is 2.24. The number of benzene rings is 1. The standard InChI is InChI=1S/C13H18BrN3O3/c1-9(13(18)15-2)7-16(3)8-10-6-11(14)4-5-12(10)17(19)20/h4-6,9H,7-8H2,1-3H3,(H,15,18)/t9-/m0/s1. The Kier molecular flexibility index (Phi) is 6.09. The number of halogens is 1. The first kappa shape index (κ1) is 16.6. The van der Waals surface area contributed by atoms with Crippen LogP contribution in [0, 0.1) is 16.0 Å². The SMILES string of the molecule is CNC(=O)[C@@H](C)CN(C)Cc1cc(Br)ccc1[N+](=O)[O-]. The van der Waals surface area contributed by atoms with Gasteiger partial charge in [0, 0.05) is 42.2 Å². The molecule has 110 valence electrons. The first-order valence-electron chi connectivity index (χ1n) is 6.18. The Labute approximate surface area is 126 Å². The molecule has 1 rings (SSSR count). The molecule has 0 radical (unpaired) electrons. The summed E-state index contributed by atoms with van der Waals surface area (Å²) >= 11 is 3.32. The molecule has 1 amide bonds. The normalized spacial score (nSPS) is 12.2. The molecule has 0 fully saturated rings. The molecule has 1 N–H and O–H groups in total. The molecule has 0 spiro atoms. The first-order valence-corrected chi connectivity index (χ1v) is 6.97. The lowest BCUT2D eigenvalue weighted by molar-refractivity contribution is -0.385. The van der Waals surface area contributed by atoms with Gasteiger partial charge in [-0.05, 0) is 19.2 Å². The number of nitro benzene ring substituents is 1. The van der Waals surface area contributed by atoms with Crippen molar-refractivity contribution in [2.75, 3.05) is 20.6 Å². The maximum atomic E-state index is 11.5. The van der Waals surface area contributed by atoms with Crippen molar-refractivity contribution >= 4 is 27.5 Å². The lowest BCUT2D eigenvalue weighted by Gasteiger charge is -2.20. The van der Waals surface area contributed by atoms with E-state index in [2.05, 4.69) is 21.2 Å². The molecule has 0 saturated heterocycles. The zero-order valence-corrected chi connectivity index (χ0v) is 13.3. The smallest absolute Gasteiger partial charge is 0.273 e. The van der Waals surface area contributed by atoms with Crippen LogP contribution in [0.1, 0.15) is 12.5 Å². The molecule has 0 aromatic heterocycles. The van der Waals surface area contributed by atoms with Gasteiger partial charge >= 0.3 is 0 Å². The fourth-order valence-electron chi connectivity index (χ4n) is 2.01. The van der Waals surface area contributed by atoms with Crippen LogP contribution in [0.4, 0.5) is 5.69 Å². The second-order valence-corrected chi connectivity index (χ2v) is 5.66. The van der Waals surface area contributed by atoms with Crippen molar-refractivity contribution in [2.45, 2.75) is 13.5 Å². The molecule has 0 saturated carbocycles. The highest BCUT2D eigenvalue weighted by atomic mass is 79.9. The van der Waals surface area contributed by atoms with Crippen molar-refractivity contribution < 1.29 is 9.72 Å². The summed E-state index contributed by atoms with van der Waals surface area (Å²) in [7, 11) is 3.43. The molecular formula is C13H18BrN3O3. The third-order valence-electron chi connectivity index (χ3n) is 2.96. The van der Waals surface area contributed by atoms with E-state index in [9.17, 15) is 14.9 Å². The van der Waals surface area contributed by atoms with Crippen LogP contribution in [0.5, 0.6) is 0 Å². The van der Waals surface area contributed by atoms with E-state index in [-0.39, 0.29) is 17.5 Å². The van der Waals surface area contributed by atoms with E-state index < -0.39 is 4.92 Å². The number of rotatable bonds is 6. The zero-order valence-electron chi connectivity index (χ0n) is 11.7. The lowest BCUT2D eigenvalue weighted by atomic mass is 10.1. The van der Waals surface area contributed by atoms with Gasteiger partial charge in [0.05, 0.1) is 4.92 Å². The van der Waals surface area contributed by atoms with Gasteiger partial charge in [0.2, 0.25) is 5.91 Å². The first-order chi connectivity index (χ1) is 9.35. The highest BCUT2D eigenvalue weighted by molar-refractivity contribution is 9.10. The van der Waals surface area contributed by atoms with Crippen LogP contribution < -0.4 is 5.32 Å². The van der Waals surface area contributed by atoms with Gasteiger partial charge in [-0.1, -0.05) is 22.9 Å². The van der Waals surface area contributed by atoms with Gasteiger partial charge in [-0.3, -0.25) is 14.9 Å². The van der Waals surface area contributed by atoms with E-state index >= 15 is 0 Å². The summed E-state index contributed by atoms with van der Waals surface area (Å²) in [6.07, 6.45) is 0. The average Bonchev–Trinajstić information content (AvgIpc) is 2.37. The van der Waals surface area contributed by atoms with Crippen LogP contribution in [0.2, 0.25) is 0 Å². The summed E-state index contributed by atoms with van der Waals surface area (Å²) in [5, 5.41) is 13.6. The molecule has 1 aromatic carbocycles. The summed E-state index contributed by atoms with van der Waals surface area (Å²) in [4.78, 5) is 24.0. The average molecular weight is 344 g/mol. The summed E-state index contributed by atoms with van der Waals surface area (Å²) in [5.41, 5.74) is 0.712. The Morgan fingerprint density at radius 2 is 2.20 bits per heavy atom. The summed E-state index contributed by atoms with van der Waals surface area (Å²) < 4.78 is 0.797. The van der Waals surface area contributed by atoms with Crippen LogP contribution >= 0.6 is 15.9 Å². The molecule has 20 heavy (non-hydrogen) atoms. The predicted octanol–water partition coefficient (Wildman–Crippen LogP) is 2.17. The fraction of sp³-hybridized carbons (Fsp3) is 0.462. The number of hydrogen-bond acceptors (Lipinski definition) is 4. The third-order valence-corrected chi connectivity index (χ3v) is 3.45. The Balaban J connectivity index is 2.79. The number of nitro groups is 1. The number of nitrogens with one attached hydrogen (secondary N) is 1. The monoisotopic (exact) mass is 343 g/mol. The maximum absolute atomic E-state index is 11.5. The molecule has 0 aliphatic heterocycles. The van der Waals surface area contributed by atoms with E-state index in [1.807, 2.05) is 18.9 Å². The van der Waals surface area contributed by atoms with E-state index in [1.54, 1.807) is 19.2 Å². The van der Waals surface area contributed by atoms with Gasteiger partial charge in [-0.2, -0.15) is 0 Å². The number of carbonyl (C=O) groups excluding carboxylic acids is 1. The van der Waals surface area contributed by atoms with E-state index in [4.69, 9.17) is 0 Å². The molecule has 0 aliphatic carbocycles. The maximum Gasteiger partial charge on any atom is 0.273 e. The minimum Gasteiger partial charge on any atom is -0.359 e. The molecule has 0 unspecified atom stereocenters. The van der Waals surface area contributed by atoms with Gasteiger partial charge in [0.1, 0.15) is 0 Å². The van der Waals surface area contributed by atoms with Crippen LogP contribution in [0.15, 0.2) is 22.7 Å². The van der Waals surface area contributed by atoms with E-state index in [1.165, 1.54) is 6.07 Å². The predicted molar refractivity (Wildman–Crippen MR) is 80.4 cm³/mol. The summed E-state index contributed by atoms with van der Waals surface area (Å²) in [5.74, 6) is -0.211. The third kappa shape index (κ3) is 4.57. The fourth-order valence-corrected chi connectivity index (χ4v) is 2.42. The van der Waals surface area contributed by atoms with Gasteiger partial charge < -0.3 is 10.2 Å². The largest absolute Gasteiger partial charge is 0.359 e. The van der Waals surface area contributed by atoms with Crippen LogP contribution in [-0.4, -0.2) is 36.4 Å². The number of amides is 1. The molecule has 6 nitrogen and oxygen atoms in total. The van der Waals surface area contributed by atoms with Crippen molar-refractivity contribution in [1.82, 2.24) is 10.2 Å². The summed E-state index contributed by atoms with van der Waals surface area (Å²) in [6, 6.07) is 4.86. The van der Waals surface area contributed by atoms with Crippen LogP contribution in [0.25, 0.3) is 0 Å². The molecule has 7 heteroatoms. The molecule has 0 heterocycles. The number of carbonyl (C=O) groups is 1. The molecule has 0 bridgehead atoms. The Bertz CT molecular complexity index is 508. The minimum atomic E-state index is -0.391. The minimum absolute atomic E-state index is 0.0411. The van der Waals surface area contributed by atoms with Gasteiger partial charge in [-0.25, -0.2) is 0 Å². The Hall–Kier alpha value is -1.47. The Morgan fingerprint density at radius 1 is 1.55 bits per heavy atom. The van der Waals surface area contributed by atoms with Crippen molar-refractivity contribution in [1.29, 1.82) is 0 Å². The topological polar surface area (TPSA) is 75.5 Å². The number of nitrogens with zero attached hydrogens (tertiary/aromatic N) is 2. The van der Waals surface area contributed by atoms with E-state index in [0.717, 1.165) is 4.47 Å². The van der Waals surface area contributed by atoms with E-state index in [0.29, 0.717) is 18.7 Å². The number of hydrogen-bond donors (Lipinski definition) is 1. The second kappa shape index (κ2) is 7.35. The van der Waals surface area contributed by atoms with Gasteiger partial charge in [-0.15, -0.1) is 0 Å². The van der Waals surface area contributed by atoms with Gasteiger partial charge in [0.15, 0.2) is 0 Å². The highest BCUT2D eigenvalue weighted by Gasteiger charge is 2.18. The lowest BCUT2D eigenvalue weighted by Crippen LogP contribution is -2.34. The molecule has 1 aromatic rings. The van der Waals surface area contributed by atoms with Crippen molar-refractivity contribution in [3.05, 3.63) is 38.3 Å². The summed E-state index contributed by atoms with van der Waals surface area (Å²) in [6.45, 7) is 2.77. The van der Waals surface area contributed by atoms with Crippen LogP contribution in [-0.2, 0) is 11.3 Å². The zero-order chi connectivity index (χ0) is 15.3. The van der Waals surface area contributed by atoms with Crippen molar-refractivity contribution in [2.24, 2.45) is 5.92 Å². The Morgan fingerprint density at radius 3 is 2.75 bits per heavy atom. The van der Waals surface area contributed by atoms with Crippen molar-refractivity contribution in [3.63, 3.8) is 0 Å². The second-order valence-electron chi connectivity index (χ2n) is 4.74. The van der Waals surface area contributed by atoms with Gasteiger partial charge in [0.25, 0.3) is 5.69 Å². The van der Waals surface area contributed by atoms with Crippen LogP contribution in [0.3, 0.4) is 0 Å². The molecular weight excluding hydrogens is 326 g/mol. The quantitative estimate of drug-likeness (QED) is 0.634.